The third-order valence-corrected chi connectivity index (χ3v) is 7.72. The fraction of sp³-hybridized carbons (Fsp3) is 0.300. The monoisotopic (exact) mass is 406 g/mol. The first-order chi connectivity index (χ1) is 13.8. The average molecular weight is 407 g/mol. The van der Waals surface area contributed by atoms with E-state index in [4.69, 9.17) is 0 Å². The van der Waals surface area contributed by atoms with Gasteiger partial charge in [-0.15, -0.1) is 21.5 Å². The van der Waals surface area contributed by atoms with E-state index in [9.17, 15) is 0 Å². The van der Waals surface area contributed by atoms with Crippen molar-refractivity contribution in [2.24, 2.45) is 5.92 Å². The molecular weight excluding hydrogens is 388 g/mol. The third-order valence-electron chi connectivity index (χ3n) is 5.48. The van der Waals surface area contributed by atoms with Gasteiger partial charge in [-0.1, -0.05) is 49.0 Å². The van der Waals surface area contributed by atoms with Crippen molar-refractivity contribution in [3.05, 3.63) is 52.7 Å². The van der Waals surface area contributed by atoms with Gasteiger partial charge in [-0.2, -0.15) is 9.61 Å². The summed E-state index contributed by atoms with van der Waals surface area (Å²) in [6, 6.07) is 10.5. The Hall–Kier alpha value is -2.45. The van der Waals surface area contributed by atoms with Crippen LogP contribution in [0.25, 0.3) is 21.6 Å². The molecule has 140 valence electrons. The summed E-state index contributed by atoms with van der Waals surface area (Å²) in [5, 5.41) is 15.6. The molecule has 1 atom stereocenters. The van der Waals surface area contributed by atoms with Gasteiger partial charge in [-0.05, 0) is 36.3 Å². The second kappa shape index (κ2) is 6.28. The van der Waals surface area contributed by atoms with Crippen molar-refractivity contribution in [1.82, 2.24) is 29.2 Å². The Kier molecular flexibility index (Phi) is 3.70. The summed E-state index contributed by atoms with van der Waals surface area (Å²) in [6.45, 7) is 2.34. The minimum Gasteiger partial charge on any atom is -0.244 e. The lowest BCUT2D eigenvalue weighted by Gasteiger charge is -2.17. The van der Waals surface area contributed by atoms with Gasteiger partial charge >= 0.3 is 0 Å². The standard InChI is InChI=1S/C20H18N6S2/c1-12-7-8-14-15(9-12)28-18-16(14)17-21-11-22-26(17)19-23-24-20(25(18)19)27-10-13-5-3-2-4-6-13/h2-6,11-12H,7-10H2,1H3/t12-/m0/s1. The number of benzene rings is 1. The summed E-state index contributed by atoms with van der Waals surface area (Å²) in [6.07, 6.45) is 5.11. The van der Waals surface area contributed by atoms with E-state index in [1.54, 1.807) is 18.1 Å². The topological polar surface area (TPSA) is 60.4 Å². The van der Waals surface area contributed by atoms with Crippen LogP contribution >= 0.6 is 23.1 Å². The van der Waals surface area contributed by atoms with Gasteiger partial charge in [0.05, 0.1) is 5.39 Å². The van der Waals surface area contributed by atoms with E-state index < -0.39 is 0 Å². The molecule has 0 unspecified atom stereocenters. The second-order valence-electron chi connectivity index (χ2n) is 7.42. The van der Waals surface area contributed by atoms with Gasteiger partial charge in [0.1, 0.15) is 11.2 Å². The average Bonchev–Trinajstić information content (AvgIpc) is 3.42. The van der Waals surface area contributed by atoms with Gasteiger partial charge in [0.25, 0.3) is 5.78 Å². The highest BCUT2D eigenvalue weighted by Crippen LogP contribution is 2.41. The van der Waals surface area contributed by atoms with E-state index in [-0.39, 0.29) is 0 Å². The number of rotatable bonds is 3. The third kappa shape index (κ3) is 2.41. The van der Waals surface area contributed by atoms with Gasteiger partial charge < -0.3 is 0 Å². The predicted molar refractivity (Wildman–Crippen MR) is 112 cm³/mol. The zero-order chi connectivity index (χ0) is 18.7. The van der Waals surface area contributed by atoms with Crippen molar-refractivity contribution < 1.29 is 0 Å². The molecule has 4 heterocycles. The molecule has 0 saturated heterocycles. The fourth-order valence-corrected chi connectivity index (χ4v) is 6.53. The van der Waals surface area contributed by atoms with Crippen LogP contribution in [-0.4, -0.2) is 29.2 Å². The molecule has 6 nitrogen and oxygen atoms in total. The van der Waals surface area contributed by atoms with Crippen LogP contribution in [-0.2, 0) is 18.6 Å². The van der Waals surface area contributed by atoms with E-state index >= 15 is 0 Å². The first-order valence-electron chi connectivity index (χ1n) is 9.47. The molecule has 0 aliphatic heterocycles. The molecule has 0 N–H and O–H groups in total. The summed E-state index contributed by atoms with van der Waals surface area (Å²) in [5.74, 6) is 2.33. The smallest absolute Gasteiger partial charge is 0.244 e. The van der Waals surface area contributed by atoms with Crippen molar-refractivity contribution in [2.75, 3.05) is 0 Å². The SMILES string of the molecule is C[C@H]1CCc2c(sc3c2c2ncnn2c2nnc(SCc4ccccc4)n32)C1. The molecule has 28 heavy (non-hydrogen) atoms. The number of thiophene rings is 1. The zero-order valence-electron chi connectivity index (χ0n) is 15.4. The Balaban J connectivity index is 1.58. The molecule has 0 amide bonds. The number of hydrogen-bond acceptors (Lipinski definition) is 6. The summed E-state index contributed by atoms with van der Waals surface area (Å²) in [5.41, 5.74) is 3.63. The van der Waals surface area contributed by atoms with Crippen molar-refractivity contribution in [3.8, 4) is 0 Å². The number of aromatic nitrogens is 6. The van der Waals surface area contributed by atoms with Crippen molar-refractivity contribution in [2.45, 2.75) is 37.1 Å². The van der Waals surface area contributed by atoms with E-state index in [0.717, 1.165) is 41.1 Å². The van der Waals surface area contributed by atoms with Gasteiger partial charge in [0.15, 0.2) is 10.8 Å². The van der Waals surface area contributed by atoms with E-state index in [2.05, 4.69) is 55.9 Å². The summed E-state index contributed by atoms with van der Waals surface area (Å²) < 4.78 is 4.02. The molecule has 5 aromatic rings. The fourth-order valence-electron chi connectivity index (χ4n) is 4.08. The van der Waals surface area contributed by atoms with Crippen molar-refractivity contribution in [1.29, 1.82) is 0 Å². The van der Waals surface area contributed by atoms with Gasteiger partial charge in [0, 0.05) is 10.6 Å². The molecule has 0 bridgehead atoms. The van der Waals surface area contributed by atoms with Crippen LogP contribution in [0.1, 0.15) is 29.3 Å². The highest BCUT2D eigenvalue weighted by molar-refractivity contribution is 7.98. The molecule has 6 rings (SSSR count). The number of fused-ring (bicyclic) bond motifs is 8. The molecule has 0 fully saturated rings. The van der Waals surface area contributed by atoms with Gasteiger partial charge in [-0.3, -0.25) is 0 Å². The largest absolute Gasteiger partial charge is 0.260 e. The molecule has 0 radical (unpaired) electrons. The van der Waals surface area contributed by atoms with Crippen molar-refractivity contribution in [3.63, 3.8) is 0 Å². The first kappa shape index (κ1) is 16.5. The minimum absolute atomic E-state index is 0.734. The lowest BCUT2D eigenvalue weighted by Crippen LogP contribution is -2.08. The maximum absolute atomic E-state index is 4.57. The van der Waals surface area contributed by atoms with Gasteiger partial charge in [-0.25, -0.2) is 9.38 Å². The van der Waals surface area contributed by atoms with Crippen LogP contribution in [0.4, 0.5) is 0 Å². The molecular formula is C20H18N6S2. The molecule has 1 aromatic carbocycles. The first-order valence-corrected chi connectivity index (χ1v) is 11.3. The maximum atomic E-state index is 4.57. The highest BCUT2D eigenvalue weighted by Gasteiger charge is 2.26. The Bertz CT molecular complexity index is 1320. The van der Waals surface area contributed by atoms with Crippen LogP contribution in [0.3, 0.4) is 0 Å². The predicted octanol–water partition coefficient (Wildman–Crippen LogP) is 4.40. The van der Waals surface area contributed by atoms with Crippen molar-refractivity contribution >= 4 is 44.7 Å². The number of thioether (sulfide) groups is 1. The zero-order valence-corrected chi connectivity index (χ0v) is 17.0. The Morgan fingerprint density at radius 1 is 1.21 bits per heavy atom. The van der Waals surface area contributed by atoms with Crippen LogP contribution in [0.5, 0.6) is 0 Å². The summed E-state index contributed by atoms with van der Waals surface area (Å²) in [7, 11) is 0. The number of aryl methyl sites for hydroxylation is 1. The van der Waals surface area contributed by atoms with E-state index in [0.29, 0.717) is 0 Å². The Morgan fingerprint density at radius 2 is 2.11 bits per heavy atom. The molecule has 1 aliphatic carbocycles. The summed E-state index contributed by atoms with van der Waals surface area (Å²) >= 11 is 3.60. The summed E-state index contributed by atoms with van der Waals surface area (Å²) in [4.78, 5) is 7.26. The Morgan fingerprint density at radius 3 is 3.00 bits per heavy atom. The normalized spacial score (nSPS) is 17.0. The van der Waals surface area contributed by atoms with Crippen LogP contribution in [0.2, 0.25) is 0 Å². The second-order valence-corrected chi connectivity index (χ2v) is 9.45. The molecule has 1 aliphatic rings. The number of nitrogens with zero attached hydrogens (tertiary/aromatic N) is 6. The highest BCUT2D eigenvalue weighted by atomic mass is 32.2. The van der Waals surface area contributed by atoms with Crippen LogP contribution in [0, 0.1) is 5.92 Å². The lowest BCUT2D eigenvalue weighted by atomic mass is 9.89. The minimum atomic E-state index is 0.734. The van der Waals surface area contributed by atoms with E-state index in [1.807, 2.05) is 21.9 Å². The van der Waals surface area contributed by atoms with Crippen LogP contribution in [0.15, 0.2) is 41.8 Å². The van der Waals surface area contributed by atoms with Gasteiger partial charge in [0.2, 0.25) is 0 Å². The van der Waals surface area contributed by atoms with Crippen LogP contribution < -0.4 is 0 Å². The lowest BCUT2D eigenvalue weighted by molar-refractivity contribution is 0.509. The molecule has 8 heteroatoms. The molecule has 4 aromatic heterocycles. The molecule has 0 saturated carbocycles. The van der Waals surface area contributed by atoms with E-state index in [1.165, 1.54) is 32.6 Å². The number of hydrogen-bond donors (Lipinski definition) is 0. The maximum Gasteiger partial charge on any atom is 0.260 e. The Labute approximate surface area is 169 Å². The molecule has 0 spiro atoms. The quantitative estimate of drug-likeness (QED) is 0.416.